The number of rotatable bonds is 3. The van der Waals surface area contributed by atoms with E-state index in [1.807, 2.05) is 23.1 Å². The third kappa shape index (κ3) is 3.79. The van der Waals surface area contributed by atoms with E-state index in [9.17, 15) is 4.79 Å². The van der Waals surface area contributed by atoms with Crippen molar-refractivity contribution in [3.05, 3.63) is 33.3 Å². The molecule has 1 aromatic carbocycles. The van der Waals surface area contributed by atoms with E-state index in [-0.39, 0.29) is 5.91 Å². The molecule has 2 heterocycles. The predicted molar refractivity (Wildman–Crippen MR) is 88.6 cm³/mol. The van der Waals surface area contributed by atoms with Crippen LogP contribution in [0.15, 0.2) is 22.7 Å². The molecular formula is C16H20BrClN2O. The van der Waals surface area contributed by atoms with Crippen molar-refractivity contribution >= 4 is 33.4 Å². The van der Waals surface area contributed by atoms with Crippen molar-refractivity contribution in [1.82, 2.24) is 10.2 Å². The van der Waals surface area contributed by atoms with Crippen LogP contribution in [0, 0.1) is 0 Å². The van der Waals surface area contributed by atoms with Gasteiger partial charge in [0.25, 0.3) is 0 Å². The number of nitrogens with one attached hydrogen (secondary N) is 1. The number of carbonyl (C=O) groups is 1. The van der Waals surface area contributed by atoms with Gasteiger partial charge in [0.15, 0.2) is 0 Å². The van der Waals surface area contributed by atoms with E-state index in [2.05, 4.69) is 21.2 Å². The second-order valence-corrected chi connectivity index (χ2v) is 7.29. The summed E-state index contributed by atoms with van der Waals surface area (Å²) >= 11 is 9.54. The molecule has 2 bridgehead atoms. The minimum atomic E-state index is 0.260. The molecule has 2 atom stereocenters. The number of likely N-dealkylation sites (tertiary alicyclic amines) is 1. The first-order valence-electron chi connectivity index (χ1n) is 7.59. The number of hydrogen-bond acceptors (Lipinski definition) is 2. The second kappa shape index (κ2) is 6.67. The molecule has 2 unspecified atom stereocenters. The maximum Gasteiger partial charge on any atom is 0.222 e. The lowest BCUT2D eigenvalue weighted by Crippen LogP contribution is -2.39. The summed E-state index contributed by atoms with van der Waals surface area (Å²) in [6.07, 6.45) is 4.84. The van der Waals surface area contributed by atoms with Crippen molar-refractivity contribution in [2.75, 3.05) is 13.1 Å². The van der Waals surface area contributed by atoms with Gasteiger partial charge in [-0.05, 0) is 49.4 Å². The number of amides is 1. The van der Waals surface area contributed by atoms with Crippen molar-refractivity contribution in [1.29, 1.82) is 0 Å². The van der Waals surface area contributed by atoms with Gasteiger partial charge in [0, 0.05) is 41.1 Å². The Morgan fingerprint density at radius 3 is 3.00 bits per heavy atom. The first-order valence-corrected chi connectivity index (χ1v) is 8.76. The van der Waals surface area contributed by atoms with Gasteiger partial charge < -0.3 is 10.2 Å². The van der Waals surface area contributed by atoms with Gasteiger partial charge in [0.05, 0.1) is 0 Å². The Morgan fingerprint density at radius 1 is 1.33 bits per heavy atom. The molecule has 114 valence electrons. The molecule has 1 amide bonds. The Bertz CT molecular complexity index is 537. The summed E-state index contributed by atoms with van der Waals surface area (Å²) < 4.78 is 1.02. The summed E-state index contributed by atoms with van der Waals surface area (Å²) in [7, 11) is 0. The van der Waals surface area contributed by atoms with Crippen LogP contribution in [0.3, 0.4) is 0 Å². The quantitative estimate of drug-likeness (QED) is 0.883. The minimum absolute atomic E-state index is 0.260. The van der Waals surface area contributed by atoms with E-state index < -0.39 is 0 Å². The van der Waals surface area contributed by atoms with E-state index >= 15 is 0 Å². The summed E-state index contributed by atoms with van der Waals surface area (Å²) in [6.45, 7) is 1.76. The summed E-state index contributed by atoms with van der Waals surface area (Å²) in [5.74, 6) is 0.260. The van der Waals surface area contributed by atoms with Gasteiger partial charge in [-0.2, -0.15) is 0 Å². The van der Waals surface area contributed by atoms with Crippen molar-refractivity contribution in [2.24, 2.45) is 0 Å². The monoisotopic (exact) mass is 370 g/mol. The van der Waals surface area contributed by atoms with Crippen molar-refractivity contribution in [3.63, 3.8) is 0 Å². The number of fused-ring (bicyclic) bond motifs is 2. The molecule has 3 rings (SSSR count). The number of aryl methyl sites for hydroxylation is 1. The Labute approximate surface area is 139 Å². The van der Waals surface area contributed by atoms with Crippen LogP contribution in [0.25, 0.3) is 0 Å². The minimum Gasteiger partial charge on any atom is -0.341 e. The van der Waals surface area contributed by atoms with Crippen LogP contribution in [-0.2, 0) is 11.2 Å². The van der Waals surface area contributed by atoms with Gasteiger partial charge in [0.1, 0.15) is 0 Å². The van der Waals surface area contributed by atoms with Crippen LogP contribution in [0.5, 0.6) is 0 Å². The Kier molecular flexibility index (Phi) is 4.87. The summed E-state index contributed by atoms with van der Waals surface area (Å²) in [6, 6.07) is 6.85. The predicted octanol–water partition coefficient (Wildman–Crippen LogP) is 3.39. The third-order valence-corrected chi connectivity index (χ3v) is 5.50. The first-order chi connectivity index (χ1) is 10.1. The van der Waals surface area contributed by atoms with E-state index in [4.69, 9.17) is 11.6 Å². The molecule has 2 aliphatic heterocycles. The molecule has 5 heteroatoms. The average Bonchev–Trinajstić information content (AvgIpc) is 2.79. The van der Waals surface area contributed by atoms with E-state index in [0.717, 1.165) is 41.0 Å². The highest BCUT2D eigenvalue weighted by molar-refractivity contribution is 9.10. The topological polar surface area (TPSA) is 32.3 Å². The molecule has 1 N–H and O–H groups in total. The second-order valence-electron chi connectivity index (χ2n) is 6.00. The summed E-state index contributed by atoms with van der Waals surface area (Å²) in [5, 5.41) is 4.33. The highest BCUT2D eigenvalue weighted by Gasteiger charge is 2.30. The molecule has 1 aromatic rings. The fraction of sp³-hybridized carbons (Fsp3) is 0.562. The lowest BCUT2D eigenvalue weighted by atomic mass is 10.1. The number of hydrogen-bond donors (Lipinski definition) is 1. The zero-order valence-electron chi connectivity index (χ0n) is 11.9. The molecule has 0 aromatic heterocycles. The molecular weight excluding hydrogens is 352 g/mol. The number of carbonyl (C=O) groups excluding carboxylic acids is 1. The average molecular weight is 372 g/mol. The van der Waals surface area contributed by atoms with E-state index in [1.54, 1.807) is 0 Å². The number of benzene rings is 1. The number of nitrogens with zero attached hydrogens (tertiary/aromatic N) is 1. The molecule has 21 heavy (non-hydrogen) atoms. The third-order valence-electron chi connectivity index (χ3n) is 4.49. The Balaban J connectivity index is 1.57. The van der Waals surface area contributed by atoms with Crippen LogP contribution in [0.2, 0.25) is 5.02 Å². The zero-order valence-corrected chi connectivity index (χ0v) is 14.3. The fourth-order valence-electron chi connectivity index (χ4n) is 3.30. The van der Waals surface area contributed by atoms with Gasteiger partial charge in [-0.3, -0.25) is 4.79 Å². The van der Waals surface area contributed by atoms with Crippen LogP contribution < -0.4 is 5.32 Å². The Morgan fingerprint density at radius 2 is 2.14 bits per heavy atom. The molecule has 0 radical (unpaired) electrons. The highest BCUT2D eigenvalue weighted by atomic mass is 79.9. The molecule has 2 aliphatic rings. The maximum absolute atomic E-state index is 12.4. The van der Waals surface area contributed by atoms with Gasteiger partial charge in [-0.15, -0.1) is 0 Å². The Hall–Kier alpha value is -0.580. The smallest absolute Gasteiger partial charge is 0.222 e. The van der Waals surface area contributed by atoms with Crippen LogP contribution >= 0.6 is 27.5 Å². The molecule has 3 nitrogen and oxygen atoms in total. The van der Waals surface area contributed by atoms with Crippen molar-refractivity contribution in [2.45, 2.75) is 44.2 Å². The molecule has 2 fully saturated rings. The zero-order chi connectivity index (χ0) is 14.8. The summed E-state index contributed by atoms with van der Waals surface area (Å²) in [5.41, 5.74) is 1.10. The van der Waals surface area contributed by atoms with Crippen LogP contribution in [0.4, 0.5) is 0 Å². The first kappa shape index (κ1) is 15.3. The highest BCUT2D eigenvalue weighted by Crippen LogP contribution is 2.24. The largest absolute Gasteiger partial charge is 0.341 e. The molecule has 0 aliphatic carbocycles. The van der Waals surface area contributed by atoms with Gasteiger partial charge in [-0.25, -0.2) is 0 Å². The molecule has 0 spiro atoms. The van der Waals surface area contributed by atoms with Crippen molar-refractivity contribution < 1.29 is 4.79 Å². The van der Waals surface area contributed by atoms with Crippen LogP contribution in [0.1, 0.15) is 31.2 Å². The molecule has 0 saturated carbocycles. The maximum atomic E-state index is 12.4. The number of halogens is 2. The lowest BCUT2D eigenvalue weighted by molar-refractivity contribution is -0.131. The van der Waals surface area contributed by atoms with Gasteiger partial charge in [-0.1, -0.05) is 27.5 Å². The van der Waals surface area contributed by atoms with Gasteiger partial charge in [0.2, 0.25) is 5.91 Å². The standard InChI is InChI=1S/C16H20BrClN2O/c17-15-5-2-12(18)9-11(15)1-6-16(21)20-8-7-13-3-4-14(10-20)19-13/h2,5,9,13-14,19H,1,3-4,6-8,10H2. The molecule has 2 saturated heterocycles. The van der Waals surface area contributed by atoms with E-state index in [0.29, 0.717) is 18.5 Å². The van der Waals surface area contributed by atoms with Crippen LogP contribution in [-0.4, -0.2) is 36.0 Å². The SMILES string of the molecule is O=C(CCc1cc(Cl)ccc1Br)N1CCC2CCC(C1)N2. The lowest BCUT2D eigenvalue weighted by Gasteiger charge is -2.24. The van der Waals surface area contributed by atoms with Crippen molar-refractivity contribution in [3.8, 4) is 0 Å². The summed E-state index contributed by atoms with van der Waals surface area (Å²) in [4.78, 5) is 14.5. The van der Waals surface area contributed by atoms with Gasteiger partial charge >= 0.3 is 0 Å². The normalized spacial score (nSPS) is 25.0. The van der Waals surface area contributed by atoms with E-state index in [1.165, 1.54) is 12.8 Å². The fourth-order valence-corrected chi connectivity index (χ4v) is 3.94.